The van der Waals surface area contributed by atoms with Gasteiger partial charge >= 0.3 is 17.9 Å². The summed E-state index contributed by atoms with van der Waals surface area (Å²) in [5.74, 6) is -1.47. The zero-order chi connectivity index (χ0) is 39.3. The summed E-state index contributed by atoms with van der Waals surface area (Å²) in [6.07, 6.45) is 40.4. The van der Waals surface area contributed by atoms with Crippen LogP contribution in [0.4, 0.5) is 0 Å². The molecular formula is C45H82NO7+. The Morgan fingerprint density at radius 1 is 0.585 bits per heavy atom. The molecule has 0 aliphatic heterocycles. The number of unbranched alkanes of at least 4 members (excludes halogenated alkanes) is 18. The van der Waals surface area contributed by atoms with Crippen LogP contribution in [0.3, 0.4) is 0 Å². The first-order valence-corrected chi connectivity index (χ1v) is 21.5. The SMILES string of the molecule is CC/C=C/C/C=C/C/C=C/CCCCCCCCCCCC(=O)OCC(COCCC(C(=O)O)[N+](C)(C)C)OC(=O)CCCCCCCCCCCC. The van der Waals surface area contributed by atoms with E-state index >= 15 is 0 Å². The Balaban J connectivity index is 4.27. The van der Waals surface area contributed by atoms with Crippen molar-refractivity contribution in [3.8, 4) is 0 Å². The van der Waals surface area contributed by atoms with Crippen molar-refractivity contribution >= 4 is 17.9 Å². The van der Waals surface area contributed by atoms with E-state index in [1.807, 2.05) is 21.1 Å². The van der Waals surface area contributed by atoms with Crippen LogP contribution in [0.2, 0.25) is 0 Å². The van der Waals surface area contributed by atoms with Crippen molar-refractivity contribution < 1.29 is 38.2 Å². The number of allylic oxidation sites excluding steroid dienone is 6. The molecule has 0 spiro atoms. The van der Waals surface area contributed by atoms with Crippen LogP contribution < -0.4 is 0 Å². The van der Waals surface area contributed by atoms with Crippen molar-refractivity contribution in [3.63, 3.8) is 0 Å². The van der Waals surface area contributed by atoms with Crippen molar-refractivity contribution in [2.24, 2.45) is 0 Å². The van der Waals surface area contributed by atoms with Gasteiger partial charge in [-0.2, -0.15) is 0 Å². The fraction of sp³-hybridized carbons (Fsp3) is 0.800. The predicted molar refractivity (Wildman–Crippen MR) is 220 cm³/mol. The molecule has 0 aromatic rings. The smallest absolute Gasteiger partial charge is 0.362 e. The second kappa shape index (κ2) is 36.5. The van der Waals surface area contributed by atoms with Crippen LogP contribution in [-0.4, -0.2) is 80.6 Å². The van der Waals surface area contributed by atoms with Crippen LogP contribution in [0.15, 0.2) is 36.5 Å². The number of quaternary nitrogens is 1. The molecular weight excluding hydrogens is 666 g/mol. The summed E-state index contributed by atoms with van der Waals surface area (Å²) >= 11 is 0. The molecule has 0 aromatic heterocycles. The molecule has 8 nitrogen and oxygen atoms in total. The average Bonchev–Trinajstić information content (AvgIpc) is 3.11. The highest BCUT2D eigenvalue weighted by atomic mass is 16.6. The van der Waals surface area contributed by atoms with Gasteiger partial charge < -0.3 is 23.8 Å². The van der Waals surface area contributed by atoms with Crippen molar-refractivity contribution in [2.75, 3.05) is 41.0 Å². The number of hydrogen-bond acceptors (Lipinski definition) is 6. The summed E-state index contributed by atoms with van der Waals surface area (Å²) in [5, 5.41) is 9.60. The van der Waals surface area contributed by atoms with Gasteiger partial charge in [-0.25, -0.2) is 4.79 Å². The molecule has 1 N–H and O–H groups in total. The van der Waals surface area contributed by atoms with Gasteiger partial charge in [-0.1, -0.05) is 153 Å². The standard InChI is InChI=1S/C45H81NO7/c1-6-8-10-12-14-16-18-19-20-21-22-23-24-25-26-28-29-31-33-35-43(47)52-40-41(39-51-38-37-42(45(49)50)46(3,4)5)53-44(48)36-34-32-30-27-17-15-13-11-9-7-2/h8,10,14,16,19-20,41-42H,6-7,9,11-13,15,17-18,21-40H2,1-5H3/p+1/b10-8+,16-14+,20-19+. The zero-order valence-corrected chi connectivity index (χ0v) is 35.0. The molecule has 0 radical (unpaired) electrons. The van der Waals surface area contributed by atoms with E-state index in [4.69, 9.17) is 14.2 Å². The third kappa shape index (κ3) is 35.0. The number of carboxylic acid groups (broad SMARTS) is 1. The van der Waals surface area contributed by atoms with E-state index in [2.05, 4.69) is 50.3 Å². The highest BCUT2D eigenvalue weighted by Gasteiger charge is 2.31. The Labute approximate surface area is 325 Å². The number of nitrogens with zero attached hydrogens (tertiary/aromatic N) is 1. The van der Waals surface area contributed by atoms with Gasteiger partial charge in [0.05, 0.1) is 34.4 Å². The molecule has 0 aliphatic rings. The lowest BCUT2D eigenvalue weighted by Gasteiger charge is -2.31. The van der Waals surface area contributed by atoms with E-state index in [0.717, 1.165) is 57.8 Å². The first-order chi connectivity index (χ1) is 25.6. The molecule has 53 heavy (non-hydrogen) atoms. The minimum Gasteiger partial charge on any atom is -0.477 e. The molecule has 0 amide bonds. The topological polar surface area (TPSA) is 99.1 Å². The number of aliphatic carboxylic acids is 1. The molecule has 2 unspecified atom stereocenters. The number of esters is 2. The summed E-state index contributed by atoms with van der Waals surface area (Å²) in [6.45, 7) is 4.61. The lowest BCUT2D eigenvalue weighted by atomic mass is 10.1. The minimum atomic E-state index is -0.876. The highest BCUT2D eigenvalue weighted by Crippen LogP contribution is 2.14. The van der Waals surface area contributed by atoms with Crippen LogP contribution >= 0.6 is 0 Å². The Bertz CT molecular complexity index is 968. The number of carboxylic acids is 1. The molecule has 308 valence electrons. The highest BCUT2D eigenvalue weighted by molar-refractivity contribution is 5.72. The number of rotatable bonds is 38. The fourth-order valence-corrected chi connectivity index (χ4v) is 6.22. The maximum absolute atomic E-state index is 12.7. The number of ether oxygens (including phenoxy) is 3. The van der Waals surface area contributed by atoms with E-state index in [-0.39, 0.29) is 36.2 Å². The van der Waals surface area contributed by atoms with Crippen LogP contribution in [-0.2, 0) is 28.6 Å². The van der Waals surface area contributed by atoms with Crippen LogP contribution in [0.25, 0.3) is 0 Å². The van der Waals surface area contributed by atoms with Gasteiger partial charge in [0.25, 0.3) is 0 Å². The number of carbonyl (C=O) groups is 3. The first kappa shape index (κ1) is 50.5. The third-order valence-electron chi connectivity index (χ3n) is 9.55. The number of carbonyl (C=O) groups excluding carboxylic acids is 2. The van der Waals surface area contributed by atoms with Gasteiger partial charge in [-0.15, -0.1) is 0 Å². The lowest BCUT2D eigenvalue weighted by molar-refractivity contribution is -0.887. The molecule has 0 aromatic carbocycles. The number of hydrogen-bond donors (Lipinski definition) is 1. The predicted octanol–water partition coefficient (Wildman–Crippen LogP) is 11.5. The summed E-state index contributed by atoms with van der Waals surface area (Å²) in [6, 6.07) is -0.612. The lowest BCUT2D eigenvalue weighted by Crippen LogP contribution is -2.50. The molecule has 0 aliphatic carbocycles. The van der Waals surface area contributed by atoms with E-state index in [9.17, 15) is 19.5 Å². The van der Waals surface area contributed by atoms with E-state index in [0.29, 0.717) is 19.3 Å². The van der Waals surface area contributed by atoms with Crippen LogP contribution in [0.1, 0.15) is 181 Å². The summed E-state index contributed by atoms with van der Waals surface area (Å²) in [7, 11) is 5.52. The van der Waals surface area contributed by atoms with Crippen molar-refractivity contribution in [1.82, 2.24) is 0 Å². The monoisotopic (exact) mass is 749 g/mol. The van der Waals surface area contributed by atoms with Gasteiger partial charge in [0, 0.05) is 19.3 Å². The van der Waals surface area contributed by atoms with Gasteiger partial charge in [0.1, 0.15) is 6.61 Å². The Hall–Kier alpha value is -2.45. The summed E-state index contributed by atoms with van der Waals surface area (Å²) in [4.78, 5) is 36.9. The van der Waals surface area contributed by atoms with E-state index in [1.54, 1.807) is 0 Å². The normalized spacial score (nSPS) is 13.3. The first-order valence-electron chi connectivity index (χ1n) is 21.5. The van der Waals surface area contributed by atoms with Gasteiger partial charge in [0.2, 0.25) is 0 Å². The molecule has 2 atom stereocenters. The van der Waals surface area contributed by atoms with E-state index < -0.39 is 18.1 Å². The molecule has 0 bridgehead atoms. The quantitative estimate of drug-likeness (QED) is 0.0290. The second-order valence-electron chi connectivity index (χ2n) is 15.6. The molecule has 0 heterocycles. The second-order valence-corrected chi connectivity index (χ2v) is 15.6. The molecule has 0 rings (SSSR count). The van der Waals surface area contributed by atoms with E-state index in [1.165, 1.54) is 89.9 Å². The third-order valence-corrected chi connectivity index (χ3v) is 9.55. The minimum absolute atomic E-state index is 0.0515. The Morgan fingerprint density at radius 3 is 1.57 bits per heavy atom. The van der Waals surface area contributed by atoms with Crippen LogP contribution in [0.5, 0.6) is 0 Å². The zero-order valence-electron chi connectivity index (χ0n) is 35.0. The summed E-state index contributed by atoms with van der Waals surface area (Å²) < 4.78 is 17.2. The van der Waals surface area contributed by atoms with Crippen molar-refractivity contribution in [2.45, 2.75) is 193 Å². The largest absolute Gasteiger partial charge is 0.477 e. The maximum Gasteiger partial charge on any atom is 0.362 e. The fourth-order valence-electron chi connectivity index (χ4n) is 6.22. The number of likely N-dealkylation sites (N-methyl/N-ethyl adjacent to an activating group) is 1. The van der Waals surface area contributed by atoms with Gasteiger partial charge in [-0.3, -0.25) is 9.59 Å². The van der Waals surface area contributed by atoms with Crippen molar-refractivity contribution in [3.05, 3.63) is 36.5 Å². The molecule has 8 heteroatoms. The van der Waals surface area contributed by atoms with Crippen LogP contribution in [0, 0.1) is 0 Å². The maximum atomic E-state index is 12.7. The average molecular weight is 749 g/mol. The molecule has 0 fully saturated rings. The molecule has 0 saturated heterocycles. The van der Waals surface area contributed by atoms with Crippen molar-refractivity contribution in [1.29, 1.82) is 0 Å². The molecule has 0 saturated carbocycles. The summed E-state index contributed by atoms with van der Waals surface area (Å²) in [5.41, 5.74) is 0. The van der Waals surface area contributed by atoms with Gasteiger partial charge in [0.15, 0.2) is 12.1 Å². The van der Waals surface area contributed by atoms with Gasteiger partial charge in [-0.05, 0) is 44.9 Å². The Morgan fingerprint density at radius 2 is 1.06 bits per heavy atom. The Kier molecular flexibility index (Phi) is 34.8.